The van der Waals surface area contributed by atoms with E-state index in [-0.39, 0.29) is 4.90 Å². The van der Waals surface area contributed by atoms with Crippen LogP contribution in [0.5, 0.6) is 0 Å². The average Bonchev–Trinajstić information content (AvgIpc) is 2.38. The van der Waals surface area contributed by atoms with Gasteiger partial charge in [-0.15, -0.1) is 0 Å². The summed E-state index contributed by atoms with van der Waals surface area (Å²) in [7, 11) is -1.82. The van der Waals surface area contributed by atoms with Crippen LogP contribution in [-0.2, 0) is 16.2 Å². The third-order valence-electron chi connectivity index (χ3n) is 3.28. The smallest absolute Gasteiger partial charge is 0.304 e. The largest absolute Gasteiger partial charge is 0.416 e. The molecule has 0 aromatic heterocycles. The average molecular weight is 308 g/mol. The van der Waals surface area contributed by atoms with E-state index in [2.05, 4.69) is 0 Å². The number of rotatable bonds is 2. The lowest BCUT2D eigenvalue weighted by molar-refractivity contribution is -0.137. The van der Waals surface area contributed by atoms with Gasteiger partial charge in [-0.25, -0.2) is 8.42 Å². The topological polar surface area (TPSA) is 40.6 Å². The molecule has 0 N–H and O–H groups in total. The minimum absolute atomic E-state index is 0.102. The van der Waals surface area contributed by atoms with Crippen LogP contribution in [0.4, 0.5) is 13.2 Å². The molecule has 0 spiro atoms. The van der Waals surface area contributed by atoms with Crippen molar-refractivity contribution in [3.63, 3.8) is 0 Å². The summed E-state index contributed by atoms with van der Waals surface area (Å²) in [6.07, 6.45) is -4.46. The number of hydrogen-bond acceptors (Lipinski definition) is 3. The van der Waals surface area contributed by atoms with Crippen LogP contribution in [0.2, 0.25) is 0 Å². The molecule has 1 aromatic rings. The van der Waals surface area contributed by atoms with Gasteiger partial charge in [0.2, 0.25) is 10.0 Å². The summed E-state index contributed by atoms with van der Waals surface area (Å²) >= 11 is 0. The molecule has 0 atom stereocenters. The van der Waals surface area contributed by atoms with E-state index < -0.39 is 21.8 Å². The van der Waals surface area contributed by atoms with Gasteiger partial charge < -0.3 is 4.90 Å². The van der Waals surface area contributed by atoms with Crippen LogP contribution in [0.3, 0.4) is 0 Å². The van der Waals surface area contributed by atoms with E-state index in [0.29, 0.717) is 26.2 Å². The Labute approximate surface area is 115 Å². The molecule has 4 nitrogen and oxygen atoms in total. The first kappa shape index (κ1) is 15.3. The number of piperazine rings is 1. The van der Waals surface area contributed by atoms with Gasteiger partial charge >= 0.3 is 6.18 Å². The van der Waals surface area contributed by atoms with Crippen LogP contribution < -0.4 is 0 Å². The van der Waals surface area contributed by atoms with Gasteiger partial charge in [0.05, 0.1) is 10.5 Å². The summed E-state index contributed by atoms with van der Waals surface area (Å²) in [5.41, 5.74) is -0.852. The Morgan fingerprint density at radius 3 is 1.95 bits per heavy atom. The third kappa shape index (κ3) is 3.13. The molecule has 1 aromatic carbocycles. The zero-order chi connectivity index (χ0) is 15.0. The maximum atomic E-state index is 12.4. The van der Waals surface area contributed by atoms with E-state index in [1.54, 1.807) is 0 Å². The number of nitrogens with zero attached hydrogens (tertiary/aromatic N) is 2. The Bertz CT molecular complexity index is 561. The van der Waals surface area contributed by atoms with Crippen molar-refractivity contribution in [3.05, 3.63) is 29.8 Å². The SMILES string of the molecule is CN1CCN(S(=O)(=O)c2ccc(C(F)(F)F)cc2)CC1. The van der Waals surface area contributed by atoms with Crippen LogP contribution in [0, 0.1) is 0 Å². The van der Waals surface area contributed by atoms with Crippen LogP contribution in [-0.4, -0.2) is 50.8 Å². The first-order valence-electron chi connectivity index (χ1n) is 6.07. The van der Waals surface area contributed by atoms with Crippen LogP contribution >= 0.6 is 0 Å². The Morgan fingerprint density at radius 1 is 1.00 bits per heavy atom. The predicted octanol–water partition coefficient (Wildman–Crippen LogP) is 1.64. The van der Waals surface area contributed by atoms with Crippen molar-refractivity contribution < 1.29 is 21.6 Å². The summed E-state index contributed by atoms with van der Waals surface area (Å²) < 4.78 is 63.2. The van der Waals surface area contributed by atoms with E-state index in [4.69, 9.17) is 0 Å². The number of alkyl halides is 3. The molecule has 1 aliphatic rings. The summed E-state index contributed by atoms with van der Waals surface area (Å²) in [6, 6.07) is 3.61. The highest BCUT2D eigenvalue weighted by Crippen LogP contribution is 2.30. The molecule has 8 heteroatoms. The minimum atomic E-state index is -4.46. The highest BCUT2D eigenvalue weighted by molar-refractivity contribution is 7.89. The second-order valence-corrected chi connectivity index (χ2v) is 6.67. The predicted molar refractivity (Wildman–Crippen MR) is 67.7 cm³/mol. The van der Waals surface area contributed by atoms with E-state index in [1.807, 2.05) is 11.9 Å². The highest BCUT2D eigenvalue weighted by Gasteiger charge is 2.32. The fraction of sp³-hybridized carbons (Fsp3) is 0.500. The second-order valence-electron chi connectivity index (χ2n) is 4.73. The van der Waals surface area contributed by atoms with Gasteiger partial charge in [0.1, 0.15) is 0 Å². The maximum Gasteiger partial charge on any atom is 0.416 e. The molecule has 0 radical (unpaired) electrons. The number of benzene rings is 1. The number of sulfonamides is 1. The summed E-state index contributed by atoms with van der Waals surface area (Å²) in [5, 5.41) is 0. The Kier molecular flexibility index (Phi) is 4.08. The zero-order valence-electron chi connectivity index (χ0n) is 10.9. The molecule has 1 aliphatic heterocycles. The van der Waals surface area contributed by atoms with Crippen molar-refractivity contribution in [2.75, 3.05) is 33.2 Å². The third-order valence-corrected chi connectivity index (χ3v) is 5.19. The molecule has 0 aliphatic carbocycles. The first-order chi connectivity index (χ1) is 9.21. The summed E-state index contributed by atoms with van der Waals surface area (Å²) in [5.74, 6) is 0. The highest BCUT2D eigenvalue weighted by atomic mass is 32.2. The molecule has 1 saturated heterocycles. The van der Waals surface area contributed by atoms with Crippen molar-refractivity contribution in [3.8, 4) is 0 Å². The standard InChI is InChI=1S/C12H15F3N2O2S/c1-16-6-8-17(9-7-16)20(18,19)11-4-2-10(3-5-11)12(13,14)15/h2-5H,6-9H2,1H3. The summed E-state index contributed by atoms with van der Waals surface area (Å²) in [4.78, 5) is 1.90. The molecule has 1 heterocycles. The molecule has 20 heavy (non-hydrogen) atoms. The quantitative estimate of drug-likeness (QED) is 0.834. The first-order valence-corrected chi connectivity index (χ1v) is 7.51. The van der Waals surface area contributed by atoms with Crippen molar-refractivity contribution in [2.24, 2.45) is 0 Å². The van der Waals surface area contributed by atoms with Crippen molar-refractivity contribution in [2.45, 2.75) is 11.1 Å². The lowest BCUT2D eigenvalue weighted by atomic mass is 10.2. The molecular weight excluding hydrogens is 293 g/mol. The molecule has 112 valence electrons. The van der Waals surface area contributed by atoms with Crippen LogP contribution in [0.1, 0.15) is 5.56 Å². The van der Waals surface area contributed by atoms with Gasteiger partial charge in [-0.2, -0.15) is 17.5 Å². The van der Waals surface area contributed by atoms with Gasteiger partial charge in [0.15, 0.2) is 0 Å². The zero-order valence-corrected chi connectivity index (χ0v) is 11.7. The summed E-state index contributed by atoms with van der Waals surface area (Å²) in [6.45, 7) is 1.92. The van der Waals surface area contributed by atoms with Gasteiger partial charge in [0, 0.05) is 26.2 Å². The van der Waals surface area contributed by atoms with Crippen molar-refractivity contribution in [1.82, 2.24) is 9.21 Å². The minimum Gasteiger partial charge on any atom is -0.304 e. The number of hydrogen-bond donors (Lipinski definition) is 0. The molecule has 0 saturated carbocycles. The molecule has 0 amide bonds. The second kappa shape index (κ2) is 5.34. The Hall–Kier alpha value is -1.12. The van der Waals surface area contributed by atoms with Crippen molar-refractivity contribution in [1.29, 1.82) is 0 Å². The molecule has 2 rings (SSSR count). The molecular formula is C12H15F3N2O2S. The molecule has 0 unspecified atom stereocenters. The normalized spacial score (nSPS) is 19.2. The fourth-order valence-electron chi connectivity index (χ4n) is 1.99. The molecule has 0 bridgehead atoms. The lowest BCUT2D eigenvalue weighted by Crippen LogP contribution is -2.47. The number of likely N-dealkylation sites (N-methyl/N-ethyl adjacent to an activating group) is 1. The fourth-order valence-corrected chi connectivity index (χ4v) is 3.42. The molecule has 1 fully saturated rings. The van der Waals surface area contributed by atoms with E-state index >= 15 is 0 Å². The van der Waals surface area contributed by atoms with Crippen LogP contribution in [0.25, 0.3) is 0 Å². The van der Waals surface area contributed by atoms with Gasteiger partial charge in [-0.3, -0.25) is 0 Å². The van der Waals surface area contributed by atoms with Gasteiger partial charge in [-0.1, -0.05) is 0 Å². The monoisotopic (exact) mass is 308 g/mol. The maximum absolute atomic E-state index is 12.4. The Morgan fingerprint density at radius 2 is 1.50 bits per heavy atom. The van der Waals surface area contributed by atoms with Gasteiger partial charge in [-0.05, 0) is 31.3 Å². The number of halogens is 3. The van der Waals surface area contributed by atoms with Gasteiger partial charge in [0.25, 0.3) is 0 Å². The van der Waals surface area contributed by atoms with E-state index in [9.17, 15) is 21.6 Å². The van der Waals surface area contributed by atoms with E-state index in [1.165, 1.54) is 4.31 Å². The van der Waals surface area contributed by atoms with Crippen LogP contribution in [0.15, 0.2) is 29.2 Å². The van der Waals surface area contributed by atoms with Crippen molar-refractivity contribution >= 4 is 10.0 Å². The Balaban J connectivity index is 2.22. The van der Waals surface area contributed by atoms with E-state index in [0.717, 1.165) is 24.3 Å². The lowest BCUT2D eigenvalue weighted by Gasteiger charge is -2.31.